The van der Waals surface area contributed by atoms with Crippen LogP contribution in [-0.2, 0) is 12.8 Å². The van der Waals surface area contributed by atoms with Crippen molar-refractivity contribution in [3.05, 3.63) is 59.7 Å². The van der Waals surface area contributed by atoms with E-state index in [1.807, 2.05) is 11.8 Å². The van der Waals surface area contributed by atoms with Crippen molar-refractivity contribution >= 4 is 11.8 Å². The zero-order chi connectivity index (χ0) is 13.1. The third-order valence-corrected chi connectivity index (χ3v) is 4.68. The van der Waals surface area contributed by atoms with Crippen molar-refractivity contribution in [2.75, 3.05) is 20.1 Å². The minimum Gasteiger partial charge on any atom is -0.306 e. The molecule has 0 saturated carbocycles. The molecular weight excluding hydrogens is 250 g/mol. The van der Waals surface area contributed by atoms with Crippen molar-refractivity contribution in [3.63, 3.8) is 0 Å². The summed E-state index contributed by atoms with van der Waals surface area (Å²) in [6.07, 6.45) is 2.36. The Labute approximate surface area is 119 Å². The van der Waals surface area contributed by atoms with Crippen molar-refractivity contribution < 1.29 is 0 Å². The maximum Gasteiger partial charge on any atom is 0.0125 e. The molecule has 0 saturated heterocycles. The van der Waals surface area contributed by atoms with E-state index >= 15 is 0 Å². The molecule has 1 aliphatic heterocycles. The number of rotatable bonds is 2. The lowest BCUT2D eigenvalue weighted by Crippen LogP contribution is -2.20. The van der Waals surface area contributed by atoms with Crippen LogP contribution in [0.2, 0.25) is 0 Å². The number of likely N-dealkylation sites (N-methyl/N-ethyl adjacent to an activating group) is 1. The first-order chi connectivity index (χ1) is 9.31. The number of benzene rings is 2. The van der Waals surface area contributed by atoms with Gasteiger partial charge in [-0.25, -0.2) is 0 Å². The van der Waals surface area contributed by atoms with Gasteiger partial charge in [-0.05, 0) is 55.3 Å². The molecule has 19 heavy (non-hydrogen) atoms. The van der Waals surface area contributed by atoms with Gasteiger partial charge in [0.15, 0.2) is 0 Å². The fourth-order valence-corrected chi connectivity index (χ4v) is 3.40. The maximum atomic E-state index is 2.42. The molecule has 0 radical (unpaired) electrons. The Balaban J connectivity index is 1.81. The van der Waals surface area contributed by atoms with Gasteiger partial charge < -0.3 is 4.90 Å². The van der Waals surface area contributed by atoms with Crippen molar-refractivity contribution in [2.45, 2.75) is 22.6 Å². The highest BCUT2D eigenvalue weighted by atomic mass is 32.2. The lowest BCUT2D eigenvalue weighted by Gasteiger charge is -2.10. The fourth-order valence-electron chi connectivity index (χ4n) is 2.50. The van der Waals surface area contributed by atoms with E-state index < -0.39 is 0 Å². The summed E-state index contributed by atoms with van der Waals surface area (Å²) in [5.74, 6) is 0. The van der Waals surface area contributed by atoms with Gasteiger partial charge in [-0.3, -0.25) is 0 Å². The van der Waals surface area contributed by atoms with E-state index in [9.17, 15) is 0 Å². The molecule has 3 rings (SSSR count). The van der Waals surface area contributed by atoms with Crippen molar-refractivity contribution in [1.82, 2.24) is 4.90 Å². The topological polar surface area (TPSA) is 3.24 Å². The van der Waals surface area contributed by atoms with Crippen molar-refractivity contribution in [1.29, 1.82) is 0 Å². The van der Waals surface area contributed by atoms with Gasteiger partial charge in [0, 0.05) is 22.9 Å². The van der Waals surface area contributed by atoms with E-state index in [0.717, 1.165) is 0 Å². The molecular formula is C17H19NS. The van der Waals surface area contributed by atoms with Crippen LogP contribution in [0.1, 0.15) is 11.1 Å². The SMILES string of the molecule is CN1CCc2ccc(Sc3ccccc3)cc2CC1. The van der Waals surface area contributed by atoms with Crippen LogP contribution in [0.4, 0.5) is 0 Å². The van der Waals surface area contributed by atoms with Gasteiger partial charge in [0.1, 0.15) is 0 Å². The average molecular weight is 269 g/mol. The molecule has 2 aromatic rings. The van der Waals surface area contributed by atoms with Crippen LogP contribution in [0, 0.1) is 0 Å². The van der Waals surface area contributed by atoms with Gasteiger partial charge in [-0.15, -0.1) is 0 Å². The number of fused-ring (bicyclic) bond motifs is 1. The Morgan fingerprint density at radius 2 is 1.58 bits per heavy atom. The van der Waals surface area contributed by atoms with Gasteiger partial charge in [0.05, 0.1) is 0 Å². The van der Waals surface area contributed by atoms with Gasteiger partial charge in [0.25, 0.3) is 0 Å². The Kier molecular flexibility index (Phi) is 3.90. The number of nitrogens with zero attached hydrogens (tertiary/aromatic N) is 1. The summed E-state index contributed by atoms with van der Waals surface area (Å²) in [6, 6.07) is 17.6. The van der Waals surface area contributed by atoms with Crippen LogP contribution in [-0.4, -0.2) is 25.0 Å². The zero-order valence-electron chi connectivity index (χ0n) is 11.3. The molecule has 0 aliphatic carbocycles. The van der Waals surface area contributed by atoms with Crippen LogP contribution in [0.5, 0.6) is 0 Å². The predicted molar refractivity (Wildman–Crippen MR) is 81.9 cm³/mol. The summed E-state index contributed by atoms with van der Waals surface area (Å²) in [7, 11) is 2.21. The molecule has 0 unspecified atom stereocenters. The molecule has 2 heteroatoms. The first-order valence-electron chi connectivity index (χ1n) is 6.84. The molecule has 0 aromatic heterocycles. The molecule has 2 aromatic carbocycles. The Hall–Kier alpha value is -1.25. The molecule has 0 atom stereocenters. The molecule has 1 nitrogen and oxygen atoms in total. The highest BCUT2D eigenvalue weighted by Gasteiger charge is 2.11. The molecule has 0 fully saturated rings. The van der Waals surface area contributed by atoms with Crippen LogP contribution >= 0.6 is 11.8 Å². The normalized spacial score (nSPS) is 15.8. The van der Waals surface area contributed by atoms with Gasteiger partial charge >= 0.3 is 0 Å². The van der Waals surface area contributed by atoms with Crippen molar-refractivity contribution in [2.24, 2.45) is 0 Å². The summed E-state index contributed by atoms with van der Waals surface area (Å²) in [6.45, 7) is 2.35. The zero-order valence-corrected chi connectivity index (χ0v) is 12.1. The second-order valence-corrected chi connectivity index (χ2v) is 6.30. The molecule has 0 N–H and O–H groups in total. The highest BCUT2D eigenvalue weighted by Crippen LogP contribution is 2.29. The number of hydrogen-bond donors (Lipinski definition) is 0. The Bertz CT molecular complexity index is 550. The van der Waals surface area contributed by atoms with Gasteiger partial charge in [0.2, 0.25) is 0 Å². The molecule has 1 heterocycles. The summed E-state index contributed by atoms with van der Waals surface area (Å²) in [5, 5.41) is 0. The standard InChI is InChI=1S/C17H19NS/c1-18-11-9-14-7-8-17(13-15(14)10-12-18)19-16-5-3-2-4-6-16/h2-8,13H,9-12H2,1H3. The second kappa shape index (κ2) is 5.81. The minimum absolute atomic E-state index is 1.17. The van der Waals surface area contributed by atoms with E-state index in [1.54, 1.807) is 0 Å². The minimum atomic E-state index is 1.17. The molecule has 1 aliphatic rings. The van der Waals surface area contributed by atoms with E-state index in [0.29, 0.717) is 0 Å². The summed E-state index contributed by atoms with van der Waals surface area (Å²) in [5.41, 5.74) is 3.06. The smallest absolute Gasteiger partial charge is 0.0125 e. The van der Waals surface area contributed by atoms with Crippen molar-refractivity contribution in [3.8, 4) is 0 Å². The average Bonchev–Trinajstić information content (AvgIpc) is 2.62. The largest absolute Gasteiger partial charge is 0.306 e. The first-order valence-corrected chi connectivity index (χ1v) is 7.66. The maximum absolute atomic E-state index is 2.42. The summed E-state index contributed by atoms with van der Waals surface area (Å²) in [4.78, 5) is 5.09. The Morgan fingerprint density at radius 3 is 2.37 bits per heavy atom. The third-order valence-electron chi connectivity index (χ3n) is 3.68. The van der Waals surface area contributed by atoms with Crippen LogP contribution in [0.3, 0.4) is 0 Å². The van der Waals surface area contributed by atoms with E-state index in [4.69, 9.17) is 0 Å². The lowest BCUT2D eigenvalue weighted by molar-refractivity contribution is 0.352. The lowest BCUT2D eigenvalue weighted by atomic mass is 10.0. The third kappa shape index (κ3) is 3.20. The Morgan fingerprint density at radius 1 is 0.842 bits per heavy atom. The second-order valence-electron chi connectivity index (χ2n) is 5.15. The van der Waals surface area contributed by atoms with E-state index in [1.165, 1.54) is 46.8 Å². The monoisotopic (exact) mass is 269 g/mol. The van der Waals surface area contributed by atoms with Gasteiger partial charge in [-0.2, -0.15) is 0 Å². The number of hydrogen-bond acceptors (Lipinski definition) is 2. The molecule has 0 spiro atoms. The van der Waals surface area contributed by atoms with E-state index in [-0.39, 0.29) is 0 Å². The fraction of sp³-hybridized carbons (Fsp3) is 0.294. The van der Waals surface area contributed by atoms with Crippen LogP contribution < -0.4 is 0 Å². The summed E-state index contributed by atoms with van der Waals surface area (Å²) < 4.78 is 0. The first kappa shape index (κ1) is 12.8. The summed E-state index contributed by atoms with van der Waals surface area (Å²) >= 11 is 1.85. The molecule has 98 valence electrons. The van der Waals surface area contributed by atoms with Crippen LogP contribution in [0.25, 0.3) is 0 Å². The van der Waals surface area contributed by atoms with E-state index in [2.05, 4.69) is 60.5 Å². The van der Waals surface area contributed by atoms with Crippen LogP contribution in [0.15, 0.2) is 58.3 Å². The quantitative estimate of drug-likeness (QED) is 0.814. The predicted octanol–water partition coefficient (Wildman–Crippen LogP) is 3.87. The molecule has 0 bridgehead atoms. The van der Waals surface area contributed by atoms with Gasteiger partial charge in [-0.1, -0.05) is 36.0 Å². The highest BCUT2D eigenvalue weighted by molar-refractivity contribution is 7.99. The molecule has 0 amide bonds.